The van der Waals surface area contributed by atoms with Crippen molar-refractivity contribution in [2.75, 3.05) is 13.7 Å². The molecule has 2 aromatic carbocycles. The van der Waals surface area contributed by atoms with Crippen LogP contribution in [0.4, 0.5) is 4.79 Å². The minimum absolute atomic E-state index is 0.0208. The van der Waals surface area contributed by atoms with Crippen LogP contribution in [-0.2, 0) is 14.3 Å². The number of benzene rings is 2. The van der Waals surface area contributed by atoms with Crippen LogP contribution in [0.5, 0.6) is 0 Å². The fourth-order valence-corrected chi connectivity index (χ4v) is 5.12. The molecular formula is C28H34N2O5. The summed E-state index contributed by atoms with van der Waals surface area (Å²) in [5.74, 6) is -1.32. The van der Waals surface area contributed by atoms with Crippen LogP contribution in [0.3, 0.4) is 0 Å². The number of nitrogens with one attached hydrogen (secondary N) is 1. The number of carbonyl (C=O) groups is 3. The van der Waals surface area contributed by atoms with E-state index in [1.54, 1.807) is 0 Å². The molecule has 4 rings (SSSR count). The summed E-state index contributed by atoms with van der Waals surface area (Å²) in [6.45, 7) is 6.30. The number of likely N-dealkylation sites (N-methyl/N-ethyl adjacent to an activating group) is 1. The first kappa shape index (κ1) is 24.8. The SMILES string of the molecule is CN(C(=O)CC(CC(C)(C)C)NC(=O)OCC1c2ccccc2-c2ccccc21)C1(C(=O)O)CC1. The lowest BCUT2D eigenvalue weighted by atomic mass is 9.87. The molecule has 1 atom stereocenters. The number of carboxylic acid groups (broad SMARTS) is 1. The van der Waals surface area contributed by atoms with E-state index in [-0.39, 0.29) is 30.3 Å². The molecule has 1 unspecified atom stereocenters. The van der Waals surface area contributed by atoms with Crippen LogP contribution >= 0.6 is 0 Å². The third-order valence-corrected chi connectivity index (χ3v) is 7.08. The molecule has 0 aromatic heterocycles. The quantitative estimate of drug-likeness (QED) is 0.568. The summed E-state index contributed by atoms with van der Waals surface area (Å²) in [5.41, 5.74) is 3.32. The van der Waals surface area contributed by atoms with Gasteiger partial charge in [0.05, 0.1) is 0 Å². The molecule has 2 aliphatic rings. The molecule has 2 aromatic rings. The number of rotatable bonds is 8. The number of ether oxygens (including phenoxy) is 1. The van der Waals surface area contributed by atoms with Gasteiger partial charge in [-0.2, -0.15) is 0 Å². The van der Waals surface area contributed by atoms with Gasteiger partial charge in [0.15, 0.2) is 0 Å². The molecule has 2 aliphatic carbocycles. The molecule has 7 heteroatoms. The summed E-state index contributed by atoms with van der Waals surface area (Å²) < 4.78 is 5.68. The summed E-state index contributed by atoms with van der Waals surface area (Å²) in [6, 6.07) is 15.8. The van der Waals surface area contributed by atoms with Gasteiger partial charge in [-0.3, -0.25) is 4.79 Å². The van der Waals surface area contributed by atoms with Gasteiger partial charge in [-0.1, -0.05) is 69.3 Å². The highest BCUT2D eigenvalue weighted by Gasteiger charge is 2.55. The van der Waals surface area contributed by atoms with Gasteiger partial charge in [0.1, 0.15) is 12.1 Å². The highest BCUT2D eigenvalue weighted by Crippen LogP contribution is 2.44. The topological polar surface area (TPSA) is 95.9 Å². The monoisotopic (exact) mass is 478 g/mol. The van der Waals surface area contributed by atoms with Crippen molar-refractivity contribution in [3.05, 3.63) is 59.7 Å². The van der Waals surface area contributed by atoms with Gasteiger partial charge in [0.2, 0.25) is 5.91 Å². The van der Waals surface area contributed by atoms with Gasteiger partial charge < -0.3 is 20.1 Å². The van der Waals surface area contributed by atoms with Crippen molar-refractivity contribution in [2.24, 2.45) is 5.41 Å². The number of amides is 2. The van der Waals surface area contributed by atoms with Crippen molar-refractivity contribution in [3.8, 4) is 11.1 Å². The molecule has 0 radical (unpaired) electrons. The van der Waals surface area contributed by atoms with Gasteiger partial charge in [-0.05, 0) is 46.9 Å². The van der Waals surface area contributed by atoms with Gasteiger partial charge in [-0.15, -0.1) is 0 Å². The average Bonchev–Trinajstić information content (AvgIpc) is 3.55. The van der Waals surface area contributed by atoms with E-state index in [1.165, 1.54) is 11.9 Å². The standard InChI is InChI=1S/C28H34N2O5/c1-27(2,3)16-18(15-24(31)30(4)28(13-14-28)25(32)33)29-26(34)35-17-23-21-11-7-5-9-19(21)20-10-6-8-12-22(20)23/h5-12,18,23H,13-17H2,1-4H3,(H,29,34)(H,32,33). The Morgan fingerprint density at radius 3 is 2.09 bits per heavy atom. The summed E-state index contributed by atoms with van der Waals surface area (Å²) in [7, 11) is 1.53. The summed E-state index contributed by atoms with van der Waals surface area (Å²) in [4.78, 5) is 38.7. The fourth-order valence-electron chi connectivity index (χ4n) is 5.12. The second-order valence-electron chi connectivity index (χ2n) is 10.9. The Morgan fingerprint density at radius 2 is 1.60 bits per heavy atom. The highest BCUT2D eigenvalue weighted by molar-refractivity contribution is 5.89. The van der Waals surface area contributed by atoms with E-state index in [4.69, 9.17) is 4.74 Å². The van der Waals surface area contributed by atoms with Crippen molar-refractivity contribution in [3.63, 3.8) is 0 Å². The molecule has 0 saturated heterocycles. The second-order valence-corrected chi connectivity index (χ2v) is 10.9. The first-order valence-corrected chi connectivity index (χ1v) is 12.1. The number of hydrogen-bond donors (Lipinski definition) is 2. The van der Waals surface area contributed by atoms with Crippen LogP contribution in [0, 0.1) is 5.41 Å². The summed E-state index contributed by atoms with van der Waals surface area (Å²) in [5, 5.41) is 12.4. The van der Waals surface area contributed by atoms with Crippen LogP contribution in [0.25, 0.3) is 11.1 Å². The second kappa shape index (κ2) is 9.36. The van der Waals surface area contributed by atoms with Gasteiger partial charge in [0, 0.05) is 25.4 Å². The molecule has 7 nitrogen and oxygen atoms in total. The van der Waals surface area contributed by atoms with E-state index in [0.29, 0.717) is 19.3 Å². The van der Waals surface area contributed by atoms with Gasteiger partial charge >= 0.3 is 12.1 Å². The third kappa shape index (κ3) is 5.19. The minimum Gasteiger partial charge on any atom is -0.479 e. The summed E-state index contributed by atoms with van der Waals surface area (Å²) in [6.07, 6.45) is 0.905. The van der Waals surface area contributed by atoms with Gasteiger partial charge in [-0.25, -0.2) is 9.59 Å². The summed E-state index contributed by atoms with van der Waals surface area (Å²) >= 11 is 0. The Bertz CT molecular complexity index is 1090. The molecule has 0 heterocycles. The van der Waals surface area contributed by atoms with E-state index >= 15 is 0 Å². The van der Waals surface area contributed by atoms with Crippen LogP contribution in [-0.4, -0.2) is 53.2 Å². The minimum atomic E-state index is -1.10. The Kier molecular flexibility index (Phi) is 6.62. The molecule has 35 heavy (non-hydrogen) atoms. The lowest BCUT2D eigenvalue weighted by molar-refractivity contribution is -0.151. The molecule has 1 saturated carbocycles. The largest absolute Gasteiger partial charge is 0.479 e. The van der Waals surface area contributed by atoms with Crippen LogP contribution in [0.1, 0.15) is 63.5 Å². The number of carbonyl (C=O) groups excluding carboxylic acids is 2. The van der Waals surface area contributed by atoms with E-state index in [1.807, 2.05) is 45.0 Å². The first-order chi connectivity index (χ1) is 16.5. The number of hydrogen-bond acceptors (Lipinski definition) is 4. The zero-order valence-corrected chi connectivity index (χ0v) is 20.8. The molecule has 2 amide bonds. The average molecular weight is 479 g/mol. The Labute approximate surface area is 206 Å². The number of nitrogens with zero attached hydrogens (tertiary/aromatic N) is 1. The van der Waals surface area contributed by atoms with E-state index in [2.05, 4.69) is 29.6 Å². The molecule has 0 spiro atoms. The zero-order chi connectivity index (χ0) is 25.4. The normalized spacial score (nSPS) is 16.6. The smallest absolute Gasteiger partial charge is 0.407 e. The predicted octanol–water partition coefficient (Wildman–Crippen LogP) is 4.80. The van der Waals surface area contributed by atoms with Crippen molar-refractivity contribution in [1.29, 1.82) is 0 Å². The van der Waals surface area contributed by atoms with E-state index in [0.717, 1.165) is 22.3 Å². The van der Waals surface area contributed by atoms with Crippen LogP contribution < -0.4 is 5.32 Å². The molecule has 1 fully saturated rings. The molecule has 2 N–H and O–H groups in total. The Hall–Kier alpha value is -3.35. The Morgan fingerprint density at radius 1 is 1.06 bits per heavy atom. The predicted molar refractivity (Wildman–Crippen MR) is 133 cm³/mol. The van der Waals surface area contributed by atoms with Crippen molar-refractivity contribution in [2.45, 2.75) is 64.0 Å². The Balaban J connectivity index is 1.41. The molecule has 186 valence electrons. The van der Waals surface area contributed by atoms with Crippen LogP contribution in [0.2, 0.25) is 0 Å². The lowest BCUT2D eigenvalue weighted by Gasteiger charge is -2.30. The molecule has 0 aliphatic heterocycles. The number of carboxylic acids is 1. The van der Waals surface area contributed by atoms with Crippen molar-refractivity contribution < 1.29 is 24.2 Å². The van der Waals surface area contributed by atoms with Gasteiger partial charge in [0.25, 0.3) is 0 Å². The van der Waals surface area contributed by atoms with Crippen molar-refractivity contribution in [1.82, 2.24) is 10.2 Å². The van der Waals surface area contributed by atoms with E-state index < -0.39 is 23.6 Å². The maximum absolute atomic E-state index is 12.9. The zero-order valence-electron chi connectivity index (χ0n) is 20.8. The highest BCUT2D eigenvalue weighted by atomic mass is 16.5. The number of aliphatic carboxylic acids is 1. The fraction of sp³-hybridized carbons (Fsp3) is 0.464. The lowest BCUT2D eigenvalue weighted by Crippen LogP contribution is -2.48. The first-order valence-electron chi connectivity index (χ1n) is 12.1. The third-order valence-electron chi connectivity index (χ3n) is 7.08. The maximum Gasteiger partial charge on any atom is 0.407 e. The molecular weight excluding hydrogens is 444 g/mol. The number of fused-ring (bicyclic) bond motifs is 3. The molecule has 0 bridgehead atoms. The maximum atomic E-state index is 12.9. The van der Waals surface area contributed by atoms with Crippen LogP contribution in [0.15, 0.2) is 48.5 Å². The number of alkyl carbamates (subject to hydrolysis) is 1. The van der Waals surface area contributed by atoms with Crippen molar-refractivity contribution >= 4 is 18.0 Å². The van der Waals surface area contributed by atoms with E-state index in [9.17, 15) is 19.5 Å².